The molecule has 0 aromatic heterocycles. The highest BCUT2D eigenvalue weighted by Crippen LogP contribution is 2.30. The fraction of sp³-hybridized carbons (Fsp3) is 1.00. The van der Waals surface area contributed by atoms with Crippen molar-refractivity contribution in [2.75, 3.05) is 13.2 Å². The monoisotopic (exact) mass is 227 g/mol. The summed E-state index contributed by atoms with van der Waals surface area (Å²) in [4.78, 5) is 0. The largest absolute Gasteiger partial charge is 0.394 e. The molecule has 94 valence electrons. The van der Waals surface area contributed by atoms with Crippen LogP contribution in [-0.2, 0) is 4.74 Å². The third kappa shape index (κ3) is 3.19. The first kappa shape index (κ1) is 12.3. The van der Waals surface area contributed by atoms with E-state index in [-0.39, 0.29) is 18.2 Å². The van der Waals surface area contributed by atoms with Crippen molar-refractivity contribution in [2.24, 2.45) is 11.7 Å². The van der Waals surface area contributed by atoms with Crippen molar-refractivity contribution >= 4 is 0 Å². The van der Waals surface area contributed by atoms with Crippen LogP contribution < -0.4 is 5.73 Å². The van der Waals surface area contributed by atoms with E-state index in [1.54, 1.807) is 0 Å². The van der Waals surface area contributed by atoms with Gasteiger partial charge < -0.3 is 15.6 Å². The molecule has 0 saturated heterocycles. The van der Waals surface area contributed by atoms with Crippen LogP contribution in [0.1, 0.15) is 51.4 Å². The average molecular weight is 227 g/mol. The topological polar surface area (TPSA) is 55.5 Å². The maximum absolute atomic E-state index is 9.27. The van der Waals surface area contributed by atoms with Crippen LogP contribution in [0, 0.1) is 5.92 Å². The minimum Gasteiger partial charge on any atom is -0.394 e. The second kappa shape index (κ2) is 5.48. The lowest BCUT2D eigenvalue weighted by Gasteiger charge is -2.36. The van der Waals surface area contributed by atoms with Gasteiger partial charge in [-0.1, -0.05) is 12.8 Å². The fourth-order valence-corrected chi connectivity index (χ4v) is 3.07. The van der Waals surface area contributed by atoms with Gasteiger partial charge in [-0.05, 0) is 44.4 Å². The molecular formula is C13H25NO2. The molecule has 0 radical (unpaired) electrons. The van der Waals surface area contributed by atoms with Crippen LogP contribution in [0.3, 0.4) is 0 Å². The van der Waals surface area contributed by atoms with E-state index in [1.807, 2.05) is 0 Å². The molecule has 2 saturated carbocycles. The predicted molar refractivity (Wildman–Crippen MR) is 64.2 cm³/mol. The molecule has 0 bridgehead atoms. The molecule has 3 nitrogen and oxygen atoms in total. The van der Waals surface area contributed by atoms with Crippen LogP contribution in [0.4, 0.5) is 0 Å². The van der Waals surface area contributed by atoms with Gasteiger partial charge in [-0.25, -0.2) is 0 Å². The molecule has 3 N–H and O–H groups in total. The molecule has 0 aliphatic heterocycles. The molecule has 2 fully saturated rings. The van der Waals surface area contributed by atoms with Gasteiger partial charge in [0.25, 0.3) is 0 Å². The third-order valence-electron chi connectivity index (χ3n) is 4.19. The Labute approximate surface area is 98.4 Å². The van der Waals surface area contributed by atoms with Crippen molar-refractivity contribution < 1.29 is 9.84 Å². The van der Waals surface area contributed by atoms with Crippen LogP contribution in [0.2, 0.25) is 0 Å². The molecule has 0 aromatic rings. The highest BCUT2D eigenvalue weighted by atomic mass is 16.5. The first-order valence-corrected chi connectivity index (χ1v) is 6.73. The van der Waals surface area contributed by atoms with E-state index in [4.69, 9.17) is 10.5 Å². The van der Waals surface area contributed by atoms with Gasteiger partial charge in [-0.15, -0.1) is 0 Å². The summed E-state index contributed by atoms with van der Waals surface area (Å²) in [7, 11) is 0. The summed E-state index contributed by atoms with van der Waals surface area (Å²) in [5, 5.41) is 9.27. The first-order valence-electron chi connectivity index (χ1n) is 6.73. The maximum atomic E-state index is 9.27. The van der Waals surface area contributed by atoms with Crippen LogP contribution in [0.25, 0.3) is 0 Å². The van der Waals surface area contributed by atoms with E-state index in [0.717, 1.165) is 38.2 Å². The van der Waals surface area contributed by atoms with Crippen molar-refractivity contribution in [3.63, 3.8) is 0 Å². The Balaban J connectivity index is 1.72. The lowest BCUT2D eigenvalue weighted by Crippen LogP contribution is -2.49. The average Bonchev–Trinajstić information content (AvgIpc) is 2.80. The van der Waals surface area contributed by atoms with Gasteiger partial charge in [0.15, 0.2) is 0 Å². The number of aliphatic hydroxyl groups is 1. The molecule has 2 rings (SSSR count). The molecule has 2 aliphatic rings. The third-order valence-corrected chi connectivity index (χ3v) is 4.19. The van der Waals surface area contributed by atoms with Crippen molar-refractivity contribution in [3.8, 4) is 0 Å². The normalized spacial score (nSPS) is 36.8. The summed E-state index contributed by atoms with van der Waals surface area (Å²) < 4.78 is 5.97. The second-order valence-electron chi connectivity index (χ2n) is 5.72. The van der Waals surface area contributed by atoms with Crippen LogP contribution in [0.5, 0.6) is 0 Å². The lowest BCUT2D eigenvalue weighted by atomic mass is 9.81. The maximum Gasteiger partial charge on any atom is 0.0612 e. The Bertz CT molecular complexity index is 216. The van der Waals surface area contributed by atoms with E-state index < -0.39 is 0 Å². The zero-order chi connectivity index (χ0) is 11.4. The minimum atomic E-state index is -0.376. The number of aliphatic hydroxyl groups excluding tert-OH is 1. The molecule has 3 heteroatoms. The van der Waals surface area contributed by atoms with Crippen molar-refractivity contribution in [3.05, 3.63) is 0 Å². The van der Waals surface area contributed by atoms with E-state index >= 15 is 0 Å². The number of ether oxygens (including phenoxy) is 1. The highest BCUT2D eigenvalue weighted by molar-refractivity contribution is 4.90. The van der Waals surface area contributed by atoms with Crippen molar-refractivity contribution in [1.82, 2.24) is 0 Å². The summed E-state index contributed by atoms with van der Waals surface area (Å²) in [5.41, 5.74) is 5.73. The molecule has 0 spiro atoms. The smallest absolute Gasteiger partial charge is 0.0612 e. The molecule has 16 heavy (non-hydrogen) atoms. The van der Waals surface area contributed by atoms with Gasteiger partial charge in [0.05, 0.1) is 12.7 Å². The number of nitrogens with two attached hydrogens (primary N) is 1. The SMILES string of the molecule is NC1(CO)CCCC(OCC2CCCC2)C1. The zero-order valence-corrected chi connectivity index (χ0v) is 10.2. The summed E-state index contributed by atoms with van der Waals surface area (Å²) in [6.45, 7) is 1.00. The number of rotatable bonds is 4. The van der Waals surface area contributed by atoms with Crippen LogP contribution >= 0.6 is 0 Å². The molecule has 2 aliphatic carbocycles. The van der Waals surface area contributed by atoms with Crippen LogP contribution in [0.15, 0.2) is 0 Å². The number of hydrogen-bond donors (Lipinski definition) is 2. The van der Waals surface area contributed by atoms with Gasteiger partial charge >= 0.3 is 0 Å². The minimum absolute atomic E-state index is 0.0935. The standard InChI is InChI=1S/C13H25NO2/c14-13(10-15)7-3-6-12(8-13)16-9-11-4-1-2-5-11/h11-12,15H,1-10,14H2. The Morgan fingerprint density at radius 3 is 2.62 bits per heavy atom. The molecule has 2 unspecified atom stereocenters. The number of hydrogen-bond acceptors (Lipinski definition) is 3. The fourth-order valence-electron chi connectivity index (χ4n) is 3.07. The van der Waals surface area contributed by atoms with Crippen molar-refractivity contribution in [1.29, 1.82) is 0 Å². The Hall–Kier alpha value is -0.120. The van der Waals surface area contributed by atoms with Gasteiger partial charge in [-0.3, -0.25) is 0 Å². The van der Waals surface area contributed by atoms with E-state index in [2.05, 4.69) is 0 Å². The van der Waals surface area contributed by atoms with Crippen LogP contribution in [-0.4, -0.2) is 30.0 Å². The Kier molecular flexibility index (Phi) is 4.22. The van der Waals surface area contributed by atoms with E-state index in [9.17, 15) is 5.11 Å². The quantitative estimate of drug-likeness (QED) is 0.770. The van der Waals surface area contributed by atoms with E-state index in [0.29, 0.717) is 0 Å². The summed E-state index contributed by atoms with van der Waals surface area (Å²) in [6, 6.07) is 0. The van der Waals surface area contributed by atoms with Gasteiger partial charge in [0, 0.05) is 12.1 Å². The van der Waals surface area contributed by atoms with Gasteiger partial charge in [0.1, 0.15) is 0 Å². The van der Waals surface area contributed by atoms with E-state index in [1.165, 1.54) is 25.7 Å². The Morgan fingerprint density at radius 1 is 1.19 bits per heavy atom. The highest BCUT2D eigenvalue weighted by Gasteiger charge is 2.33. The molecular weight excluding hydrogens is 202 g/mol. The van der Waals surface area contributed by atoms with Gasteiger partial charge in [-0.2, -0.15) is 0 Å². The summed E-state index contributed by atoms with van der Waals surface area (Å²) in [6.07, 6.45) is 9.67. The summed E-state index contributed by atoms with van der Waals surface area (Å²) in [5.74, 6) is 0.781. The molecule has 0 aromatic carbocycles. The molecule has 2 atom stereocenters. The predicted octanol–water partition coefficient (Wildman–Crippen LogP) is 1.83. The van der Waals surface area contributed by atoms with Crippen molar-refractivity contribution in [2.45, 2.75) is 63.0 Å². The first-order chi connectivity index (χ1) is 7.72. The van der Waals surface area contributed by atoms with Gasteiger partial charge in [0.2, 0.25) is 0 Å². The summed E-state index contributed by atoms with van der Waals surface area (Å²) >= 11 is 0. The molecule has 0 amide bonds. The Morgan fingerprint density at radius 2 is 1.94 bits per heavy atom. The lowest BCUT2D eigenvalue weighted by molar-refractivity contribution is -0.0192. The molecule has 0 heterocycles. The second-order valence-corrected chi connectivity index (χ2v) is 5.72. The zero-order valence-electron chi connectivity index (χ0n) is 10.2.